The van der Waals surface area contributed by atoms with E-state index >= 15 is 0 Å². The molecule has 0 aliphatic carbocycles. The molecular formula is C11H16N2O. The van der Waals surface area contributed by atoms with Gasteiger partial charge in [0.1, 0.15) is 5.75 Å². The van der Waals surface area contributed by atoms with Crippen LogP contribution in [0.15, 0.2) is 12.3 Å². The van der Waals surface area contributed by atoms with Crippen LogP contribution in [0, 0.1) is 0 Å². The third kappa shape index (κ3) is 2.04. The smallest absolute Gasteiger partial charge is 0.140 e. The van der Waals surface area contributed by atoms with Crippen LogP contribution in [0.5, 0.6) is 5.75 Å². The number of nitrogens with zero attached hydrogens (tertiary/aromatic N) is 1. The minimum absolute atomic E-state index is 0.194. The Labute approximate surface area is 84.3 Å². The molecule has 0 bridgehead atoms. The van der Waals surface area contributed by atoms with Crippen LogP contribution in [0.25, 0.3) is 0 Å². The van der Waals surface area contributed by atoms with Crippen molar-refractivity contribution < 1.29 is 4.74 Å². The molecule has 0 aromatic carbocycles. The van der Waals surface area contributed by atoms with Crippen molar-refractivity contribution in [1.82, 2.24) is 4.98 Å². The molecule has 0 amide bonds. The Bertz CT molecular complexity index is 342. The van der Waals surface area contributed by atoms with Crippen LogP contribution in [-0.2, 0) is 12.8 Å². The number of nitrogens with two attached hydrogens (primary N) is 1. The summed E-state index contributed by atoms with van der Waals surface area (Å²) >= 11 is 0. The van der Waals surface area contributed by atoms with E-state index in [1.54, 1.807) is 0 Å². The second-order valence-corrected chi connectivity index (χ2v) is 4.55. The zero-order valence-electron chi connectivity index (χ0n) is 8.71. The van der Waals surface area contributed by atoms with Crippen molar-refractivity contribution in [1.29, 1.82) is 0 Å². The molecule has 0 fully saturated rings. The lowest BCUT2D eigenvalue weighted by molar-refractivity contribution is 0.355. The minimum Gasteiger partial charge on any atom is -0.491 e. The standard InChI is InChI=1S/C11H16N2O/c1-11(2,12)6-9-5-8-3-4-14-10(8)7-13-9/h5,7H,3-4,6,12H2,1-2H3. The van der Waals surface area contributed by atoms with E-state index in [-0.39, 0.29) is 5.54 Å². The van der Waals surface area contributed by atoms with Gasteiger partial charge in [0.15, 0.2) is 0 Å². The molecule has 1 aliphatic heterocycles. The first-order valence-corrected chi connectivity index (χ1v) is 4.94. The predicted octanol–water partition coefficient (Wildman–Crippen LogP) is 1.30. The van der Waals surface area contributed by atoms with E-state index < -0.39 is 0 Å². The number of pyridine rings is 1. The molecule has 2 heterocycles. The van der Waals surface area contributed by atoms with Crippen LogP contribution >= 0.6 is 0 Å². The van der Waals surface area contributed by atoms with Crippen molar-refractivity contribution in [3.63, 3.8) is 0 Å². The van der Waals surface area contributed by atoms with Gasteiger partial charge in [-0.2, -0.15) is 0 Å². The fourth-order valence-electron chi connectivity index (χ4n) is 1.69. The number of aromatic nitrogens is 1. The summed E-state index contributed by atoms with van der Waals surface area (Å²) in [5.41, 5.74) is 8.07. The highest BCUT2D eigenvalue weighted by molar-refractivity contribution is 5.35. The van der Waals surface area contributed by atoms with Crippen LogP contribution in [0.4, 0.5) is 0 Å². The molecule has 76 valence electrons. The van der Waals surface area contributed by atoms with Crippen LogP contribution in [0.2, 0.25) is 0 Å². The van der Waals surface area contributed by atoms with E-state index in [0.29, 0.717) is 0 Å². The van der Waals surface area contributed by atoms with E-state index in [2.05, 4.69) is 11.1 Å². The molecule has 3 nitrogen and oxygen atoms in total. The van der Waals surface area contributed by atoms with Gasteiger partial charge in [-0.3, -0.25) is 4.98 Å². The van der Waals surface area contributed by atoms with Gasteiger partial charge >= 0.3 is 0 Å². The van der Waals surface area contributed by atoms with Gasteiger partial charge in [0, 0.05) is 29.6 Å². The van der Waals surface area contributed by atoms with Crippen LogP contribution < -0.4 is 10.5 Å². The second-order valence-electron chi connectivity index (χ2n) is 4.55. The highest BCUT2D eigenvalue weighted by Gasteiger charge is 2.16. The molecule has 0 spiro atoms. The molecule has 0 saturated carbocycles. The van der Waals surface area contributed by atoms with Gasteiger partial charge in [0.2, 0.25) is 0 Å². The molecule has 14 heavy (non-hydrogen) atoms. The molecular weight excluding hydrogens is 176 g/mol. The zero-order valence-corrected chi connectivity index (χ0v) is 8.71. The van der Waals surface area contributed by atoms with Gasteiger partial charge in [-0.1, -0.05) is 0 Å². The predicted molar refractivity (Wildman–Crippen MR) is 55.4 cm³/mol. The van der Waals surface area contributed by atoms with Gasteiger partial charge in [-0.25, -0.2) is 0 Å². The topological polar surface area (TPSA) is 48.1 Å². The normalized spacial score (nSPS) is 15.1. The monoisotopic (exact) mass is 192 g/mol. The van der Waals surface area contributed by atoms with Gasteiger partial charge in [-0.15, -0.1) is 0 Å². The summed E-state index contributed by atoms with van der Waals surface area (Å²) in [6.45, 7) is 4.81. The Balaban J connectivity index is 2.21. The first-order chi connectivity index (χ1) is 6.54. The zero-order chi connectivity index (χ0) is 10.2. The summed E-state index contributed by atoms with van der Waals surface area (Å²) in [5, 5.41) is 0. The number of hydrogen-bond acceptors (Lipinski definition) is 3. The quantitative estimate of drug-likeness (QED) is 0.768. The Morgan fingerprint density at radius 1 is 1.57 bits per heavy atom. The highest BCUT2D eigenvalue weighted by Crippen LogP contribution is 2.25. The second kappa shape index (κ2) is 3.24. The fraction of sp³-hybridized carbons (Fsp3) is 0.545. The fourth-order valence-corrected chi connectivity index (χ4v) is 1.69. The average molecular weight is 192 g/mol. The molecule has 1 aliphatic rings. The summed E-state index contributed by atoms with van der Waals surface area (Å²) in [7, 11) is 0. The molecule has 3 heteroatoms. The summed E-state index contributed by atoms with van der Waals surface area (Å²) in [4.78, 5) is 4.33. The van der Waals surface area contributed by atoms with E-state index in [0.717, 1.165) is 30.9 Å². The first-order valence-electron chi connectivity index (χ1n) is 4.94. The van der Waals surface area contributed by atoms with E-state index in [9.17, 15) is 0 Å². The van der Waals surface area contributed by atoms with Crippen molar-refractivity contribution in [3.8, 4) is 5.75 Å². The molecule has 2 N–H and O–H groups in total. The SMILES string of the molecule is CC(C)(N)Cc1cc2c(cn1)OCC2. The lowest BCUT2D eigenvalue weighted by atomic mass is 9.98. The molecule has 1 aromatic rings. The third-order valence-corrected chi connectivity index (χ3v) is 2.27. The maximum Gasteiger partial charge on any atom is 0.140 e. The maximum atomic E-state index is 5.94. The lowest BCUT2D eigenvalue weighted by Crippen LogP contribution is -2.34. The van der Waals surface area contributed by atoms with Crippen molar-refractivity contribution in [3.05, 3.63) is 23.5 Å². The molecule has 0 radical (unpaired) electrons. The van der Waals surface area contributed by atoms with Gasteiger partial charge < -0.3 is 10.5 Å². The molecule has 0 saturated heterocycles. The van der Waals surface area contributed by atoms with Gasteiger partial charge in [0.05, 0.1) is 12.8 Å². The van der Waals surface area contributed by atoms with Crippen molar-refractivity contribution in [2.24, 2.45) is 5.73 Å². The van der Waals surface area contributed by atoms with Crippen LogP contribution in [0.1, 0.15) is 25.1 Å². The number of ether oxygens (including phenoxy) is 1. The molecule has 0 atom stereocenters. The Hall–Kier alpha value is -1.09. The van der Waals surface area contributed by atoms with E-state index in [1.807, 2.05) is 20.0 Å². The number of hydrogen-bond donors (Lipinski definition) is 1. The average Bonchev–Trinajstić information content (AvgIpc) is 2.47. The number of rotatable bonds is 2. The molecule has 2 rings (SSSR count). The summed E-state index contributed by atoms with van der Waals surface area (Å²) < 4.78 is 5.39. The Morgan fingerprint density at radius 2 is 2.36 bits per heavy atom. The van der Waals surface area contributed by atoms with Gasteiger partial charge in [-0.05, 0) is 19.9 Å². The van der Waals surface area contributed by atoms with Crippen LogP contribution in [0.3, 0.4) is 0 Å². The minimum atomic E-state index is -0.194. The van der Waals surface area contributed by atoms with Gasteiger partial charge in [0.25, 0.3) is 0 Å². The first kappa shape index (κ1) is 9.46. The Morgan fingerprint density at radius 3 is 3.07 bits per heavy atom. The maximum absolute atomic E-state index is 5.94. The lowest BCUT2D eigenvalue weighted by Gasteiger charge is -2.17. The summed E-state index contributed by atoms with van der Waals surface area (Å²) in [5.74, 6) is 0.934. The highest BCUT2D eigenvalue weighted by atomic mass is 16.5. The molecule has 0 unspecified atom stereocenters. The van der Waals surface area contributed by atoms with Crippen molar-refractivity contribution in [2.45, 2.75) is 32.2 Å². The summed E-state index contributed by atoms with van der Waals surface area (Å²) in [6, 6.07) is 2.11. The van der Waals surface area contributed by atoms with Crippen molar-refractivity contribution >= 4 is 0 Å². The molecule has 1 aromatic heterocycles. The third-order valence-electron chi connectivity index (χ3n) is 2.27. The van der Waals surface area contributed by atoms with E-state index in [4.69, 9.17) is 10.5 Å². The number of fused-ring (bicyclic) bond motifs is 1. The Kier molecular flexibility index (Phi) is 2.19. The largest absolute Gasteiger partial charge is 0.491 e. The van der Waals surface area contributed by atoms with E-state index in [1.165, 1.54) is 5.56 Å². The van der Waals surface area contributed by atoms with Crippen LogP contribution in [-0.4, -0.2) is 17.1 Å². The van der Waals surface area contributed by atoms with Crippen molar-refractivity contribution in [2.75, 3.05) is 6.61 Å². The summed E-state index contributed by atoms with van der Waals surface area (Å²) in [6.07, 6.45) is 3.61.